The van der Waals surface area contributed by atoms with Gasteiger partial charge in [-0.15, -0.1) is 0 Å². The van der Waals surface area contributed by atoms with Crippen molar-refractivity contribution < 1.29 is 14.6 Å². The summed E-state index contributed by atoms with van der Waals surface area (Å²) >= 11 is 0. The Bertz CT molecular complexity index is 675. The van der Waals surface area contributed by atoms with Crippen LogP contribution in [0.5, 0.6) is 11.5 Å². The third-order valence-corrected chi connectivity index (χ3v) is 3.73. The number of ether oxygens (including phenoxy) is 1. The smallest absolute Gasteiger partial charge is 0.161 e. The lowest BCUT2D eigenvalue weighted by Crippen LogP contribution is -1.94. The van der Waals surface area contributed by atoms with Gasteiger partial charge in [-0.1, -0.05) is 42.5 Å². The van der Waals surface area contributed by atoms with E-state index >= 15 is 0 Å². The van der Waals surface area contributed by atoms with Crippen LogP contribution >= 0.6 is 0 Å². The van der Waals surface area contributed by atoms with Crippen molar-refractivity contribution in [3.8, 4) is 11.5 Å². The second kappa shape index (κ2) is 9.56. The van der Waals surface area contributed by atoms with Crippen LogP contribution in [-0.2, 0) is 11.2 Å². The summed E-state index contributed by atoms with van der Waals surface area (Å²) in [5.41, 5.74) is 2.15. The van der Waals surface area contributed by atoms with Gasteiger partial charge in [-0.25, -0.2) is 0 Å². The summed E-state index contributed by atoms with van der Waals surface area (Å²) in [5, 5.41) is 9.66. The summed E-state index contributed by atoms with van der Waals surface area (Å²) in [5.74, 6) is 0.672. The monoisotopic (exact) mass is 324 g/mol. The molecule has 0 bridgehead atoms. The van der Waals surface area contributed by atoms with Crippen LogP contribution in [0.15, 0.2) is 54.6 Å². The molecule has 0 spiro atoms. The van der Waals surface area contributed by atoms with Crippen LogP contribution in [0.3, 0.4) is 0 Å². The Balaban J connectivity index is 1.77. The number of phenolic OH excluding ortho intramolecular Hbond substituents is 1. The highest BCUT2D eigenvalue weighted by Crippen LogP contribution is 2.27. The molecule has 0 saturated carbocycles. The van der Waals surface area contributed by atoms with Crippen LogP contribution < -0.4 is 4.74 Å². The molecular weight excluding hydrogens is 300 g/mol. The number of benzene rings is 2. The summed E-state index contributed by atoms with van der Waals surface area (Å²) in [4.78, 5) is 11.9. The van der Waals surface area contributed by atoms with Crippen LogP contribution in [0.1, 0.15) is 37.3 Å². The first-order valence-electron chi connectivity index (χ1n) is 8.39. The molecule has 2 aromatic rings. The van der Waals surface area contributed by atoms with Gasteiger partial charge in [0.05, 0.1) is 6.61 Å². The highest BCUT2D eigenvalue weighted by Gasteiger charge is 2.03. The number of unbranched alkanes of at least 4 members (excludes halogenated alkanes) is 1. The van der Waals surface area contributed by atoms with Crippen molar-refractivity contribution in [2.45, 2.75) is 32.6 Å². The van der Waals surface area contributed by atoms with Crippen molar-refractivity contribution in [1.82, 2.24) is 0 Å². The molecule has 0 amide bonds. The maximum atomic E-state index is 11.9. The lowest BCUT2D eigenvalue weighted by Gasteiger charge is -2.06. The first-order valence-corrected chi connectivity index (χ1v) is 8.39. The van der Waals surface area contributed by atoms with E-state index in [0.717, 1.165) is 24.8 Å². The minimum absolute atomic E-state index is 0.112. The molecule has 24 heavy (non-hydrogen) atoms. The molecule has 0 heterocycles. The second-order valence-electron chi connectivity index (χ2n) is 5.65. The van der Waals surface area contributed by atoms with Gasteiger partial charge in [0.1, 0.15) is 0 Å². The largest absolute Gasteiger partial charge is 0.504 e. The molecule has 0 fully saturated rings. The van der Waals surface area contributed by atoms with Crippen molar-refractivity contribution in [1.29, 1.82) is 0 Å². The first-order chi connectivity index (χ1) is 11.7. The number of aryl methyl sites for hydroxylation is 1. The molecule has 2 rings (SSSR count). The van der Waals surface area contributed by atoms with Gasteiger partial charge in [0.25, 0.3) is 0 Å². The number of aromatic hydroxyl groups is 1. The van der Waals surface area contributed by atoms with Crippen molar-refractivity contribution in [3.63, 3.8) is 0 Å². The second-order valence-corrected chi connectivity index (χ2v) is 5.65. The van der Waals surface area contributed by atoms with Gasteiger partial charge in [0, 0.05) is 6.42 Å². The Hall–Kier alpha value is -2.55. The van der Waals surface area contributed by atoms with Crippen molar-refractivity contribution in [3.05, 3.63) is 65.7 Å². The SMILES string of the molecule is CCOc1cc(/C=C/C(=O)CCCCc2ccccc2)ccc1O. The third kappa shape index (κ3) is 5.92. The predicted octanol–water partition coefficient (Wildman–Crippen LogP) is 4.79. The Kier molecular flexibility index (Phi) is 7.09. The Labute approximate surface area is 143 Å². The molecule has 1 N–H and O–H groups in total. The summed E-state index contributed by atoms with van der Waals surface area (Å²) in [6, 6.07) is 15.4. The number of hydrogen-bond donors (Lipinski definition) is 1. The predicted molar refractivity (Wildman–Crippen MR) is 97.3 cm³/mol. The molecule has 0 aliphatic carbocycles. The van der Waals surface area contributed by atoms with Gasteiger partial charge in [-0.05, 0) is 55.5 Å². The fraction of sp³-hybridized carbons (Fsp3) is 0.286. The minimum Gasteiger partial charge on any atom is -0.504 e. The van der Waals surface area contributed by atoms with Crippen LogP contribution in [0.25, 0.3) is 6.08 Å². The fourth-order valence-corrected chi connectivity index (χ4v) is 2.45. The Morgan fingerprint density at radius 3 is 2.67 bits per heavy atom. The van der Waals surface area contributed by atoms with E-state index in [2.05, 4.69) is 12.1 Å². The van der Waals surface area contributed by atoms with Crippen LogP contribution in [0.4, 0.5) is 0 Å². The van der Waals surface area contributed by atoms with Gasteiger partial charge >= 0.3 is 0 Å². The van der Waals surface area contributed by atoms with Gasteiger partial charge in [0.2, 0.25) is 0 Å². The zero-order valence-corrected chi connectivity index (χ0v) is 14.1. The maximum absolute atomic E-state index is 11.9. The first kappa shape index (κ1) is 17.8. The normalized spacial score (nSPS) is 10.9. The van der Waals surface area contributed by atoms with Crippen LogP contribution in [0, 0.1) is 0 Å². The zero-order valence-electron chi connectivity index (χ0n) is 14.1. The van der Waals surface area contributed by atoms with Crippen molar-refractivity contribution >= 4 is 11.9 Å². The van der Waals surface area contributed by atoms with Gasteiger partial charge in [-0.3, -0.25) is 4.79 Å². The van der Waals surface area contributed by atoms with E-state index in [1.165, 1.54) is 5.56 Å². The highest BCUT2D eigenvalue weighted by molar-refractivity contribution is 5.93. The molecule has 0 unspecified atom stereocenters. The van der Waals surface area contributed by atoms with E-state index in [1.807, 2.05) is 25.1 Å². The van der Waals surface area contributed by atoms with E-state index in [1.54, 1.807) is 30.4 Å². The molecule has 0 atom stereocenters. The molecule has 3 heteroatoms. The molecule has 3 nitrogen and oxygen atoms in total. The third-order valence-electron chi connectivity index (χ3n) is 3.73. The van der Waals surface area contributed by atoms with E-state index in [9.17, 15) is 9.90 Å². The Morgan fingerprint density at radius 1 is 1.12 bits per heavy atom. The molecule has 0 saturated heterocycles. The summed E-state index contributed by atoms with van der Waals surface area (Å²) in [6.07, 6.45) is 6.83. The molecule has 126 valence electrons. The lowest BCUT2D eigenvalue weighted by molar-refractivity contribution is -0.114. The van der Waals surface area contributed by atoms with Crippen molar-refractivity contribution in [2.24, 2.45) is 0 Å². The van der Waals surface area contributed by atoms with E-state index in [-0.39, 0.29) is 11.5 Å². The Morgan fingerprint density at radius 2 is 1.92 bits per heavy atom. The number of hydrogen-bond acceptors (Lipinski definition) is 3. The number of rotatable bonds is 9. The number of allylic oxidation sites excluding steroid dienone is 1. The molecule has 0 aliphatic rings. The number of carbonyl (C=O) groups is 1. The van der Waals surface area contributed by atoms with Crippen LogP contribution in [-0.4, -0.2) is 17.5 Å². The minimum atomic E-state index is 0.112. The maximum Gasteiger partial charge on any atom is 0.161 e. The van der Waals surface area contributed by atoms with Crippen molar-refractivity contribution in [2.75, 3.05) is 6.61 Å². The molecular formula is C21H24O3. The molecule has 0 radical (unpaired) electrons. The number of phenols is 1. The quantitative estimate of drug-likeness (QED) is 0.533. The molecule has 0 aliphatic heterocycles. The highest BCUT2D eigenvalue weighted by atomic mass is 16.5. The average Bonchev–Trinajstić information content (AvgIpc) is 2.60. The summed E-state index contributed by atoms with van der Waals surface area (Å²) in [7, 11) is 0. The number of ketones is 1. The van der Waals surface area contributed by atoms with E-state index in [0.29, 0.717) is 18.8 Å². The van der Waals surface area contributed by atoms with Gasteiger partial charge in [0.15, 0.2) is 17.3 Å². The van der Waals surface area contributed by atoms with Gasteiger partial charge < -0.3 is 9.84 Å². The summed E-state index contributed by atoms with van der Waals surface area (Å²) < 4.78 is 5.34. The topological polar surface area (TPSA) is 46.5 Å². The van der Waals surface area contributed by atoms with Crippen LogP contribution in [0.2, 0.25) is 0 Å². The van der Waals surface area contributed by atoms with E-state index < -0.39 is 0 Å². The fourth-order valence-electron chi connectivity index (χ4n) is 2.45. The zero-order chi connectivity index (χ0) is 17.2. The molecule has 2 aromatic carbocycles. The standard InChI is InChI=1S/C21H24O3/c1-2-24-21-16-18(13-15-20(21)23)12-14-19(22)11-7-6-10-17-8-4-3-5-9-17/h3-5,8-9,12-16,23H,2,6-7,10-11H2,1H3/b14-12+. The van der Waals surface area contributed by atoms with E-state index in [4.69, 9.17) is 4.74 Å². The average molecular weight is 324 g/mol. The molecule has 0 aromatic heterocycles. The lowest BCUT2D eigenvalue weighted by atomic mass is 10.1. The summed E-state index contributed by atoms with van der Waals surface area (Å²) in [6.45, 7) is 2.35. The van der Waals surface area contributed by atoms with Gasteiger partial charge in [-0.2, -0.15) is 0 Å². The number of carbonyl (C=O) groups excluding carboxylic acids is 1.